The summed E-state index contributed by atoms with van der Waals surface area (Å²) < 4.78 is 16.9. The highest BCUT2D eigenvalue weighted by Crippen LogP contribution is 2.08. The van der Waals surface area contributed by atoms with Gasteiger partial charge in [-0.1, -0.05) is 121 Å². The normalized spacial score (nSPS) is 18.6. The maximum atomic E-state index is 4.23. The second-order valence-electron chi connectivity index (χ2n) is 8.71. The van der Waals surface area contributed by atoms with Crippen molar-refractivity contribution in [1.82, 2.24) is 18.6 Å². The van der Waals surface area contributed by atoms with Gasteiger partial charge in [-0.05, 0) is 33.8 Å². The lowest BCUT2D eigenvalue weighted by Crippen LogP contribution is -2.93. The highest BCUT2D eigenvalue weighted by Gasteiger charge is 2.49. The molecule has 0 bridgehead atoms. The molecule has 0 spiro atoms. The highest BCUT2D eigenvalue weighted by molar-refractivity contribution is 7.13. The summed E-state index contributed by atoms with van der Waals surface area (Å²) in [6, 6.07) is 44.0. The summed E-state index contributed by atoms with van der Waals surface area (Å²) in [5.41, 5.74) is 0. The van der Waals surface area contributed by atoms with Crippen molar-refractivity contribution >= 4 is 55.8 Å². The summed E-state index contributed by atoms with van der Waals surface area (Å²) in [4.78, 5) is 0. The summed E-state index contributed by atoms with van der Waals surface area (Å²) >= 11 is 0. The quantitative estimate of drug-likeness (QED) is 0.311. The maximum Gasteiger partial charge on any atom is 0.255 e. The van der Waals surface area contributed by atoms with Crippen LogP contribution in [0.4, 0.5) is 0 Å². The highest BCUT2D eigenvalue weighted by atomic mass is 28.5. The van der Waals surface area contributed by atoms with Crippen LogP contribution in [0.1, 0.15) is 0 Å². The molecule has 1 heterocycles. The van der Waals surface area contributed by atoms with E-state index in [9.17, 15) is 0 Å². The van der Waals surface area contributed by atoms with Gasteiger partial charge in [0.1, 0.15) is 0 Å². The van der Waals surface area contributed by atoms with Crippen molar-refractivity contribution in [2.75, 3.05) is 0 Å². The third kappa shape index (κ3) is 4.47. The Labute approximate surface area is 208 Å². The van der Waals surface area contributed by atoms with Gasteiger partial charge in [-0.3, -0.25) is 0 Å². The Morgan fingerprint density at radius 1 is 0.382 bits per heavy atom. The van der Waals surface area contributed by atoms with Gasteiger partial charge in [0.05, 0.1) is 0 Å². The van der Waals surface area contributed by atoms with E-state index < -0.39 is 35.0 Å². The summed E-state index contributed by atoms with van der Waals surface area (Å²) in [5.74, 6) is 0. The van der Waals surface area contributed by atoms with Crippen molar-refractivity contribution in [2.45, 2.75) is 13.1 Å². The van der Waals surface area contributed by atoms with Gasteiger partial charge in [0.15, 0.2) is 0 Å². The third-order valence-electron chi connectivity index (χ3n) is 6.33. The molecule has 170 valence electrons. The molecule has 1 saturated heterocycles. The van der Waals surface area contributed by atoms with E-state index in [1.165, 1.54) is 20.7 Å². The van der Waals surface area contributed by atoms with Gasteiger partial charge in [-0.25, -0.2) is 0 Å². The van der Waals surface area contributed by atoms with Gasteiger partial charge in [0.25, 0.3) is 16.8 Å². The number of hydrogen-bond acceptors (Lipinski definition) is 4. The predicted molar refractivity (Wildman–Crippen MR) is 152 cm³/mol. The molecule has 0 atom stereocenters. The zero-order valence-electron chi connectivity index (χ0n) is 19.5. The largest absolute Gasteiger partial charge is 0.329 e. The molecule has 1 fully saturated rings. The molecule has 8 heteroatoms. The van der Waals surface area contributed by atoms with Crippen molar-refractivity contribution in [3.05, 3.63) is 121 Å². The van der Waals surface area contributed by atoms with Crippen molar-refractivity contribution in [2.24, 2.45) is 0 Å². The molecule has 2 radical (unpaired) electrons. The molecule has 0 aromatic heterocycles. The molecule has 4 nitrogen and oxygen atoms in total. The van der Waals surface area contributed by atoms with E-state index in [1.54, 1.807) is 0 Å². The first-order valence-corrected chi connectivity index (χ1v) is 19.6. The Morgan fingerprint density at radius 2 is 0.588 bits per heavy atom. The molecule has 4 aromatic rings. The van der Waals surface area contributed by atoms with E-state index in [2.05, 4.69) is 153 Å². The molecule has 0 amide bonds. The number of benzene rings is 4. The fourth-order valence-electron chi connectivity index (χ4n) is 4.91. The lowest BCUT2D eigenvalue weighted by atomic mass is 10.4. The van der Waals surface area contributed by atoms with Crippen LogP contribution in [0.5, 0.6) is 0 Å². The Bertz CT molecular complexity index is 1000. The molecule has 1 aliphatic rings. The summed E-state index contributed by atoms with van der Waals surface area (Å²) in [6.45, 7) is 4.73. The summed E-state index contributed by atoms with van der Waals surface area (Å²) in [7, 11) is -7.16. The summed E-state index contributed by atoms with van der Waals surface area (Å²) in [5, 5.41) is 5.47. The first-order chi connectivity index (χ1) is 16.6. The summed E-state index contributed by atoms with van der Waals surface area (Å²) in [6.07, 6.45) is 0. The van der Waals surface area contributed by atoms with E-state index in [1.807, 2.05) is 0 Å². The van der Waals surface area contributed by atoms with Gasteiger partial charge in [-0.2, -0.15) is 0 Å². The van der Waals surface area contributed by atoms with Crippen molar-refractivity contribution in [3.63, 3.8) is 0 Å². The van der Waals surface area contributed by atoms with Gasteiger partial charge in [-0.15, -0.1) is 0 Å². The molecule has 0 aliphatic carbocycles. The first-order valence-electron chi connectivity index (χ1n) is 11.6. The predicted octanol–water partition coefficient (Wildman–Crippen LogP) is 1.11. The van der Waals surface area contributed by atoms with Crippen LogP contribution in [0, 0.1) is 0 Å². The topological polar surface area (TPSA) is 48.1 Å². The first kappa shape index (κ1) is 23.3. The van der Waals surface area contributed by atoms with Crippen molar-refractivity contribution < 1.29 is 0 Å². The van der Waals surface area contributed by atoms with E-state index >= 15 is 0 Å². The van der Waals surface area contributed by atoms with Crippen LogP contribution in [-0.4, -0.2) is 35.0 Å². The van der Waals surface area contributed by atoms with Gasteiger partial charge >= 0.3 is 0 Å². The Hall–Kier alpha value is -2.41. The fourth-order valence-corrected chi connectivity index (χ4v) is 25.2. The molecular weight excluding hydrogens is 481 g/mol. The minimum Gasteiger partial charge on any atom is -0.329 e. The molecule has 0 saturated carbocycles. The van der Waals surface area contributed by atoms with Crippen LogP contribution >= 0.6 is 0 Å². The molecule has 0 unspecified atom stereocenters. The molecule has 34 heavy (non-hydrogen) atoms. The lowest BCUT2D eigenvalue weighted by molar-refractivity contribution is 1.13. The van der Waals surface area contributed by atoms with Crippen LogP contribution < -0.4 is 39.3 Å². The average Bonchev–Trinajstić information content (AvgIpc) is 2.89. The number of nitrogens with one attached hydrogen (secondary N) is 4. The van der Waals surface area contributed by atoms with Crippen LogP contribution in [-0.2, 0) is 0 Å². The van der Waals surface area contributed by atoms with Crippen molar-refractivity contribution in [1.29, 1.82) is 0 Å². The third-order valence-corrected chi connectivity index (χ3v) is 23.1. The second-order valence-corrected chi connectivity index (χ2v) is 20.5. The smallest absolute Gasteiger partial charge is 0.255 e. The Balaban J connectivity index is 1.64. The standard InChI is InChI=1S/C26H30N4Si4/c1-31-27-33(23-15-7-3-8-16-23,24-17-9-4-10-18-24)29-32(2)30-34(28-31,25-19-11-5-12-20-25)26-21-13-6-14-22-26/h3-22,27-30H,1-2H3. The van der Waals surface area contributed by atoms with Crippen LogP contribution in [0.3, 0.4) is 0 Å². The monoisotopic (exact) mass is 510 g/mol. The van der Waals surface area contributed by atoms with E-state index in [4.69, 9.17) is 0 Å². The molecule has 5 rings (SSSR count). The Morgan fingerprint density at radius 3 is 0.794 bits per heavy atom. The fraction of sp³-hybridized carbons (Fsp3) is 0.0769. The molecule has 1 aliphatic heterocycles. The van der Waals surface area contributed by atoms with Crippen LogP contribution in [0.15, 0.2) is 121 Å². The van der Waals surface area contributed by atoms with Crippen LogP contribution in [0.2, 0.25) is 13.1 Å². The van der Waals surface area contributed by atoms with Gasteiger partial charge in [0, 0.05) is 0 Å². The number of rotatable bonds is 4. The zero-order chi connectivity index (χ0) is 23.4. The lowest BCUT2D eigenvalue weighted by Gasteiger charge is -2.46. The number of hydrogen-bond donors (Lipinski definition) is 4. The van der Waals surface area contributed by atoms with Gasteiger partial charge in [0.2, 0.25) is 18.2 Å². The molecule has 4 N–H and O–H groups in total. The van der Waals surface area contributed by atoms with E-state index in [0.717, 1.165) is 0 Å². The van der Waals surface area contributed by atoms with Crippen molar-refractivity contribution in [3.8, 4) is 0 Å². The molecular formula is C26H30N4Si4. The van der Waals surface area contributed by atoms with E-state index in [-0.39, 0.29) is 0 Å². The molecule has 4 aromatic carbocycles. The minimum atomic E-state index is -2.42. The van der Waals surface area contributed by atoms with Gasteiger partial charge < -0.3 is 18.6 Å². The van der Waals surface area contributed by atoms with Crippen LogP contribution in [0.25, 0.3) is 0 Å². The van der Waals surface area contributed by atoms with E-state index in [0.29, 0.717) is 0 Å². The second kappa shape index (κ2) is 10.1. The maximum absolute atomic E-state index is 4.23. The average molecular weight is 511 g/mol. The SMILES string of the molecule is C[Si]1N[Si](c2ccccc2)(c2ccccc2)N[Si](C)N[Si](c2ccccc2)(c2ccccc2)N1. The Kier molecular flexibility index (Phi) is 6.91. The zero-order valence-corrected chi connectivity index (χ0v) is 23.5. The minimum absolute atomic E-state index is 1.16.